The van der Waals surface area contributed by atoms with Gasteiger partial charge in [-0.2, -0.15) is 8.78 Å². The van der Waals surface area contributed by atoms with Gasteiger partial charge in [0.05, 0.1) is 22.3 Å². The van der Waals surface area contributed by atoms with E-state index in [-0.39, 0.29) is 17.3 Å². The lowest BCUT2D eigenvalue weighted by Gasteiger charge is -2.32. The molecule has 0 spiro atoms. The Hall–Kier alpha value is -1.23. The van der Waals surface area contributed by atoms with E-state index in [4.69, 9.17) is 4.74 Å². The average Bonchev–Trinajstić information content (AvgIpc) is 2.45. The molecule has 1 aliphatic rings. The van der Waals surface area contributed by atoms with Gasteiger partial charge >= 0.3 is 5.92 Å². The molecule has 0 bridgehead atoms. The Morgan fingerprint density at radius 2 is 1.95 bits per heavy atom. The standard InChI is InChI=1S/C16H20F2O2S/c1-4-20-15-14(10-7-12(3)16(15,17)18)21(19)13-8-5-11(2)6-9-13/h5-6,8-9,12H,4,7,10H2,1-3H3/t12-,21?/m0/s1. The first-order valence-corrected chi connectivity index (χ1v) is 8.25. The first-order valence-electron chi connectivity index (χ1n) is 7.10. The molecule has 1 aromatic rings. The minimum atomic E-state index is -3.05. The van der Waals surface area contributed by atoms with Gasteiger partial charge in [0.1, 0.15) is 0 Å². The number of alkyl halides is 2. The number of ether oxygens (including phenoxy) is 1. The summed E-state index contributed by atoms with van der Waals surface area (Å²) >= 11 is 0. The molecule has 1 unspecified atom stereocenters. The van der Waals surface area contributed by atoms with Crippen LogP contribution < -0.4 is 0 Å². The highest BCUT2D eigenvalue weighted by Crippen LogP contribution is 2.44. The van der Waals surface area contributed by atoms with Crippen LogP contribution in [0.5, 0.6) is 0 Å². The number of hydrogen-bond donors (Lipinski definition) is 0. The fourth-order valence-electron chi connectivity index (χ4n) is 2.35. The van der Waals surface area contributed by atoms with Crippen molar-refractivity contribution in [2.24, 2.45) is 5.92 Å². The van der Waals surface area contributed by atoms with Crippen LogP contribution in [0.3, 0.4) is 0 Å². The molecular weight excluding hydrogens is 294 g/mol. The van der Waals surface area contributed by atoms with Crippen LogP contribution in [0.1, 0.15) is 32.3 Å². The zero-order valence-corrected chi connectivity index (χ0v) is 13.3. The van der Waals surface area contributed by atoms with E-state index in [1.807, 2.05) is 19.1 Å². The predicted molar refractivity (Wildman–Crippen MR) is 79.6 cm³/mol. The molecule has 2 atom stereocenters. The molecule has 116 valence electrons. The van der Waals surface area contributed by atoms with E-state index < -0.39 is 22.6 Å². The molecule has 0 fully saturated rings. The van der Waals surface area contributed by atoms with Gasteiger partial charge in [-0.25, -0.2) is 4.21 Å². The van der Waals surface area contributed by atoms with Crippen molar-refractivity contribution < 1.29 is 17.7 Å². The molecule has 0 aliphatic heterocycles. The van der Waals surface area contributed by atoms with Gasteiger partial charge in [0.2, 0.25) is 0 Å². The van der Waals surface area contributed by atoms with Gasteiger partial charge in [0.25, 0.3) is 0 Å². The molecule has 0 N–H and O–H groups in total. The Labute approximate surface area is 126 Å². The van der Waals surface area contributed by atoms with Gasteiger partial charge < -0.3 is 4.74 Å². The molecule has 0 aromatic heterocycles. The number of allylic oxidation sites excluding steroid dienone is 2. The van der Waals surface area contributed by atoms with E-state index in [0.717, 1.165) is 5.56 Å². The van der Waals surface area contributed by atoms with E-state index in [9.17, 15) is 13.0 Å². The summed E-state index contributed by atoms with van der Waals surface area (Å²) < 4.78 is 46.5. The summed E-state index contributed by atoms with van der Waals surface area (Å²) in [5.74, 6) is -4.23. The van der Waals surface area contributed by atoms with Gasteiger partial charge in [-0.1, -0.05) is 24.6 Å². The van der Waals surface area contributed by atoms with Gasteiger partial charge in [0, 0.05) is 10.8 Å². The van der Waals surface area contributed by atoms with Gasteiger partial charge in [-0.05, 0) is 38.8 Å². The highest BCUT2D eigenvalue weighted by molar-refractivity contribution is 7.89. The van der Waals surface area contributed by atoms with E-state index >= 15 is 0 Å². The fraction of sp³-hybridized carbons (Fsp3) is 0.500. The van der Waals surface area contributed by atoms with Crippen molar-refractivity contribution in [2.75, 3.05) is 6.61 Å². The number of rotatable bonds is 4. The second kappa shape index (κ2) is 6.26. The van der Waals surface area contributed by atoms with Crippen LogP contribution in [0.15, 0.2) is 39.8 Å². The van der Waals surface area contributed by atoms with Crippen molar-refractivity contribution in [1.82, 2.24) is 0 Å². The SMILES string of the molecule is CCOC1=C(S(=O)c2ccc(C)cc2)CC[C@H](C)C1(F)F. The average molecular weight is 314 g/mol. The molecule has 0 heterocycles. The van der Waals surface area contributed by atoms with Crippen LogP contribution >= 0.6 is 0 Å². The van der Waals surface area contributed by atoms with Crippen LogP contribution in [0.25, 0.3) is 0 Å². The zero-order valence-electron chi connectivity index (χ0n) is 12.5. The van der Waals surface area contributed by atoms with Gasteiger partial charge in [-0.15, -0.1) is 0 Å². The second-order valence-electron chi connectivity index (χ2n) is 5.33. The summed E-state index contributed by atoms with van der Waals surface area (Å²) in [6.07, 6.45) is 0.698. The molecule has 21 heavy (non-hydrogen) atoms. The van der Waals surface area contributed by atoms with Crippen molar-refractivity contribution in [3.63, 3.8) is 0 Å². The summed E-state index contributed by atoms with van der Waals surface area (Å²) in [6.45, 7) is 5.24. The lowest BCUT2D eigenvalue weighted by Crippen LogP contribution is -2.35. The highest BCUT2D eigenvalue weighted by Gasteiger charge is 2.48. The third-order valence-corrected chi connectivity index (χ3v) is 5.26. The number of benzene rings is 1. The maximum Gasteiger partial charge on any atom is 0.307 e. The molecule has 0 saturated heterocycles. The smallest absolute Gasteiger partial charge is 0.307 e. The maximum atomic E-state index is 14.3. The van der Waals surface area contributed by atoms with Crippen molar-refractivity contribution in [2.45, 2.75) is 44.4 Å². The van der Waals surface area contributed by atoms with Crippen LogP contribution in [0.2, 0.25) is 0 Å². The number of aryl methyl sites for hydroxylation is 1. The molecule has 5 heteroatoms. The monoisotopic (exact) mass is 314 g/mol. The molecular formula is C16H20F2O2S. The van der Waals surface area contributed by atoms with E-state index in [0.29, 0.717) is 17.7 Å². The van der Waals surface area contributed by atoms with Crippen molar-refractivity contribution in [3.05, 3.63) is 40.5 Å². The Morgan fingerprint density at radius 1 is 1.33 bits per heavy atom. The lowest BCUT2D eigenvalue weighted by molar-refractivity contribution is -0.0722. The quantitative estimate of drug-likeness (QED) is 0.822. The minimum Gasteiger partial charge on any atom is -0.491 e. The molecule has 2 nitrogen and oxygen atoms in total. The molecule has 2 rings (SSSR count). The van der Waals surface area contributed by atoms with Crippen LogP contribution in [0.4, 0.5) is 8.78 Å². The molecule has 1 aromatic carbocycles. The number of halogens is 2. The normalized spacial score (nSPS) is 23.0. The van der Waals surface area contributed by atoms with Gasteiger partial charge in [-0.3, -0.25) is 0 Å². The summed E-state index contributed by atoms with van der Waals surface area (Å²) in [7, 11) is -1.60. The molecule has 0 amide bonds. The van der Waals surface area contributed by atoms with Crippen LogP contribution in [-0.2, 0) is 15.5 Å². The Kier molecular flexibility index (Phi) is 4.81. The summed E-state index contributed by atoms with van der Waals surface area (Å²) in [5.41, 5.74) is 1.04. The Morgan fingerprint density at radius 3 is 2.52 bits per heavy atom. The van der Waals surface area contributed by atoms with Crippen molar-refractivity contribution in [1.29, 1.82) is 0 Å². The third kappa shape index (κ3) is 3.18. The minimum absolute atomic E-state index is 0.145. The summed E-state index contributed by atoms with van der Waals surface area (Å²) in [5, 5.41) is 0. The summed E-state index contributed by atoms with van der Waals surface area (Å²) in [6, 6.07) is 7.10. The number of hydrogen-bond acceptors (Lipinski definition) is 2. The highest BCUT2D eigenvalue weighted by atomic mass is 32.2. The van der Waals surface area contributed by atoms with Crippen LogP contribution in [-0.4, -0.2) is 16.7 Å². The fourth-order valence-corrected chi connectivity index (χ4v) is 3.69. The molecule has 0 saturated carbocycles. The largest absolute Gasteiger partial charge is 0.491 e. The van der Waals surface area contributed by atoms with E-state index in [2.05, 4.69) is 0 Å². The van der Waals surface area contributed by atoms with E-state index in [1.165, 1.54) is 6.92 Å². The third-order valence-electron chi connectivity index (χ3n) is 3.73. The van der Waals surface area contributed by atoms with Crippen LogP contribution in [0, 0.1) is 12.8 Å². The lowest BCUT2D eigenvalue weighted by atomic mass is 9.91. The molecule has 1 aliphatic carbocycles. The summed E-state index contributed by atoms with van der Waals surface area (Å²) in [4.78, 5) is 0.766. The zero-order chi connectivity index (χ0) is 15.6. The Bertz CT molecular complexity index is 564. The van der Waals surface area contributed by atoms with E-state index in [1.54, 1.807) is 19.1 Å². The maximum absolute atomic E-state index is 14.3. The predicted octanol–water partition coefficient (Wildman–Crippen LogP) is 4.42. The Balaban J connectivity index is 2.44. The second-order valence-corrected chi connectivity index (χ2v) is 6.83. The topological polar surface area (TPSA) is 26.3 Å². The molecule has 0 radical (unpaired) electrons. The first-order chi connectivity index (χ1) is 9.87. The van der Waals surface area contributed by atoms with Gasteiger partial charge in [0.15, 0.2) is 5.76 Å². The first kappa shape index (κ1) is 16.1. The van der Waals surface area contributed by atoms with Crippen molar-refractivity contribution >= 4 is 10.8 Å². The van der Waals surface area contributed by atoms with Crippen molar-refractivity contribution in [3.8, 4) is 0 Å².